The van der Waals surface area contributed by atoms with Gasteiger partial charge in [-0.15, -0.1) is 11.3 Å². The second kappa shape index (κ2) is 5.00. The maximum absolute atomic E-state index is 13.7. The average molecular weight is 378 g/mol. The van der Waals surface area contributed by atoms with Gasteiger partial charge in [-0.05, 0) is 47.1 Å². The first-order chi connectivity index (χ1) is 7.99. The molecule has 0 unspecified atom stereocenters. The molecule has 0 spiro atoms. The third-order valence-corrected chi connectivity index (χ3v) is 4.62. The van der Waals surface area contributed by atoms with Crippen LogP contribution in [0.4, 0.5) is 4.39 Å². The van der Waals surface area contributed by atoms with Crippen LogP contribution < -0.4 is 0 Å². The van der Waals surface area contributed by atoms with Gasteiger partial charge in [0.25, 0.3) is 0 Å². The molecule has 5 heteroatoms. The fraction of sp³-hybridized carbons (Fsp3) is 0.0833. The van der Waals surface area contributed by atoms with E-state index in [2.05, 4.69) is 31.9 Å². The lowest BCUT2D eigenvalue weighted by Crippen LogP contribution is -2.02. The van der Waals surface area contributed by atoms with Gasteiger partial charge in [-0.3, -0.25) is 4.79 Å². The number of halogens is 3. The molecule has 0 aliphatic heterocycles. The van der Waals surface area contributed by atoms with Crippen LogP contribution in [0.5, 0.6) is 0 Å². The predicted octanol–water partition coefficient (Wildman–Crippen LogP) is 4.95. The molecule has 2 rings (SSSR count). The van der Waals surface area contributed by atoms with Crippen molar-refractivity contribution in [2.24, 2.45) is 0 Å². The standard InChI is InChI=1S/C12H7Br2FOS/c1-6-4-9(14)12(17-6)11(16)8-3-2-7(13)5-10(8)15/h2-5H,1H3. The van der Waals surface area contributed by atoms with Crippen molar-refractivity contribution in [3.63, 3.8) is 0 Å². The highest BCUT2D eigenvalue weighted by atomic mass is 79.9. The quantitative estimate of drug-likeness (QED) is 0.676. The molecule has 0 saturated heterocycles. The Hall–Kier alpha value is -0.520. The van der Waals surface area contributed by atoms with E-state index in [1.165, 1.54) is 23.5 Å². The number of carbonyl (C=O) groups excluding carboxylic acids is 1. The summed E-state index contributed by atoms with van der Waals surface area (Å²) in [5, 5.41) is 0. The molecule has 0 aliphatic carbocycles. The first-order valence-corrected chi connectivity index (χ1v) is 7.15. The fourth-order valence-corrected chi connectivity index (χ4v) is 3.54. The normalized spacial score (nSPS) is 10.6. The largest absolute Gasteiger partial charge is 0.288 e. The summed E-state index contributed by atoms with van der Waals surface area (Å²) < 4.78 is 15.0. The van der Waals surface area contributed by atoms with Gasteiger partial charge in [0.1, 0.15) is 5.82 Å². The Morgan fingerprint density at radius 1 is 1.29 bits per heavy atom. The average Bonchev–Trinajstić information content (AvgIpc) is 2.57. The SMILES string of the molecule is Cc1cc(Br)c(C(=O)c2ccc(Br)cc2F)s1. The van der Waals surface area contributed by atoms with Crippen molar-refractivity contribution < 1.29 is 9.18 Å². The molecule has 0 radical (unpaired) electrons. The lowest BCUT2D eigenvalue weighted by molar-refractivity contribution is 0.103. The van der Waals surface area contributed by atoms with Gasteiger partial charge < -0.3 is 0 Å². The highest BCUT2D eigenvalue weighted by molar-refractivity contribution is 9.10. The van der Waals surface area contributed by atoms with Crippen LogP contribution in [-0.4, -0.2) is 5.78 Å². The van der Waals surface area contributed by atoms with Crippen LogP contribution in [0.15, 0.2) is 33.2 Å². The van der Waals surface area contributed by atoms with Crippen LogP contribution >= 0.6 is 43.2 Å². The van der Waals surface area contributed by atoms with Gasteiger partial charge >= 0.3 is 0 Å². The minimum absolute atomic E-state index is 0.0933. The van der Waals surface area contributed by atoms with Crippen molar-refractivity contribution in [1.82, 2.24) is 0 Å². The summed E-state index contributed by atoms with van der Waals surface area (Å²) in [5.74, 6) is -0.803. The summed E-state index contributed by atoms with van der Waals surface area (Å²) in [7, 11) is 0. The molecule has 0 aliphatic rings. The van der Waals surface area contributed by atoms with E-state index in [1.807, 2.05) is 13.0 Å². The number of rotatable bonds is 2. The molecule has 88 valence electrons. The zero-order chi connectivity index (χ0) is 12.6. The van der Waals surface area contributed by atoms with Gasteiger partial charge in [-0.2, -0.15) is 0 Å². The van der Waals surface area contributed by atoms with Gasteiger partial charge in [0.15, 0.2) is 0 Å². The first-order valence-electron chi connectivity index (χ1n) is 4.74. The summed E-state index contributed by atoms with van der Waals surface area (Å²) in [6, 6.07) is 6.30. The summed E-state index contributed by atoms with van der Waals surface area (Å²) in [6.45, 7) is 1.91. The monoisotopic (exact) mass is 376 g/mol. The lowest BCUT2D eigenvalue weighted by atomic mass is 10.1. The molecule has 0 saturated carbocycles. The molecule has 0 fully saturated rings. The molecule has 17 heavy (non-hydrogen) atoms. The van der Waals surface area contributed by atoms with E-state index in [9.17, 15) is 9.18 Å². The van der Waals surface area contributed by atoms with E-state index in [-0.39, 0.29) is 11.3 Å². The maximum atomic E-state index is 13.7. The molecule has 0 amide bonds. The second-order valence-corrected chi connectivity index (χ2v) is 6.51. The summed E-state index contributed by atoms with van der Waals surface area (Å²) in [4.78, 5) is 13.7. The van der Waals surface area contributed by atoms with Gasteiger partial charge in [-0.1, -0.05) is 15.9 Å². The number of hydrogen-bond acceptors (Lipinski definition) is 2. The van der Waals surface area contributed by atoms with Crippen LogP contribution in [0.25, 0.3) is 0 Å². The van der Waals surface area contributed by atoms with Crippen molar-refractivity contribution in [3.8, 4) is 0 Å². The molecule has 0 atom stereocenters. The Balaban J connectivity index is 2.47. The van der Waals surface area contributed by atoms with Crippen LogP contribution in [0.2, 0.25) is 0 Å². The van der Waals surface area contributed by atoms with Crippen molar-refractivity contribution in [3.05, 3.63) is 54.3 Å². The number of aryl methyl sites for hydroxylation is 1. The highest BCUT2D eigenvalue weighted by Crippen LogP contribution is 2.30. The van der Waals surface area contributed by atoms with Gasteiger partial charge in [0.05, 0.1) is 10.4 Å². The van der Waals surface area contributed by atoms with Crippen LogP contribution in [0.1, 0.15) is 20.1 Å². The zero-order valence-electron chi connectivity index (χ0n) is 8.76. The molecule has 1 nitrogen and oxygen atoms in total. The van der Waals surface area contributed by atoms with E-state index in [0.29, 0.717) is 13.8 Å². The molecular weight excluding hydrogens is 371 g/mol. The van der Waals surface area contributed by atoms with Crippen molar-refractivity contribution in [2.45, 2.75) is 6.92 Å². The smallest absolute Gasteiger partial charge is 0.207 e. The highest BCUT2D eigenvalue weighted by Gasteiger charge is 2.18. The number of benzene rings is 1. The van der Waals surface area contributed by atoms with Crippen LogP contribution in [0.3, 0.4) is 0 Å². The fourth-order valence-electron chi connectivity index (χ4n) is 1.43. The van der Waals surface area contributed by atoms with E-state index >= 15 is 0 Å². The topological polar surface area (TPSA) is 17.1 Å². The van der Waals surface area contributed by atoms with E-state index in [4.69, 9.17) is 0 Å². The van der Waals surface area contributed by atoms with Gasteiger partial charge in [0, 0.05) is 13.8 Å². The third-order valence-electron chi connectivity index (χ3n) is 2.19. The number of ketones is 1. The first kappa shape index (κ1) is 12.9. The van der Waals surface area contributed by atoms with Crippen molar-refractivity contribution in [2.75, 3.05) is 0 Å². The lowest BCUT2D eigenvalue weighted by Gasteiger charge is -2.01. The maximum Gasteiger partial charge on any atom is 0.207 e. The van der Waals surface area contributed by atoms with Crippen LogP contribution in [-0.2, 0) is 0 Å². The Labute approximate surface area is 119 Å². The Kier molecular flexibility index (Phi) is 3.80. The summed E-state index contributed by atoms with van der Waals surface area (Å²) in [6.07, 6.45) is 0. The van der Waals surface area contributed by atoms with Crippen molar-refractivity contribution in [1.29, 1.82) is 0 Å². The molecule has 1 heterocycles. The molecular formula is C12H7Br2FOS. The molecule has 1 aromatic heterocycles. The van der Waals surface area contributed by atoms with Gasteiger partial charge in [-0.25, -0.2) is 4.39 Å². The summed E-state index contributed by atoms with van der Waals surface area (Å²) >= 11 is 7.83. The Morgan fingerprint density at radius 3 is 2.53 bits per heavy atom. The van der Waals surface area contributed by atoms with E-state index < -0.39 is 5.82 Å². The molecule has 2 aromatic rings. The minimum atomic E-state index is -0.512. The van der Waals surface area contributed by atoms with Crippen LogP contribution in [0, 0.1) is 12.7 Å². The summed E-state index contributed by atoms with van der Waals surface area (Å²) in [5.41, 5.74) is 0.0933. The minimum Gasteiger partial charge on any atom is -0.288 e. The van der Waals surface area contributed by atoms with Gasteiger partial charge in [0.2, 0.25) is 5.78 Å². The Bertz CT molecular complexity index is 592. The number of hydrogen-bond donors (Lipinski definition) is 0. The van der Waals surface area contributed by atoms with Crippen molar-refractivity contribution >= 4 is 49.0 Å². The third kappa shape index (κ3) is 2.67. The Morgan fingerprint density at radius 2 is 2.00 bits per heavy atom. The molecule has 0 bridgehead atoms. The number of thiophene rings is 1. The predicted molar refractivity (Wildman–Crippen MR) is 74.3 cm³/mol. The second-order valence-electron chi connectivity index (χ2n) is 3.49. The van der Waals surface area contributed by atoms with E-state index in [0.717, 1.165) is 4.88 Å². The molecule has 0 N–H and O–H groups in total. The van der Waals surface area contributed by atoms with E-state index in [1.54, 1.807) is 6.07 Å². The molecule has 1 aromatic carbocycles. The zero-order valence-corrected chi connectivity index (χ0v) is 12.7. The number of carbonyl (C=O) groups is 1.